The normalized spacial score (nSPS) is 10.3. The molecule has 1 aromatic heterocycles. The van der Waals surface area contributed by atoms with Crippen molar-refractivity contribution in [3.05, 3.63) is 44.6 Å². The van der Waals surface area contributed by atoms with Gasteiger partial charge in [-0.1, -0.05) is 0 Å². The molecule has 0 aliphatic carbocycles. The van der Waals surface area contributed by atoms with E-state index in [1.807, 2.05) is 12.1 Å². The summed E-state index contributed by atoms with van der Waals surface area (Å²) in [6, 6.07) is 8.61. The smallest absolute Gasteiger partial charge is 0.251 e. The van der Waals surface area contributed by atoms with Gasteiger partial charge in [0.1, 0.15) is 0 Å². The summed E-state index contributed by atoms with van der Waals surface area (Å²) in [5.41, 5.74) is 0.413. The Morgan fingerprint density at radius 3 is 2.80 bits per heavy atom. The van der Waals surface area contributed by atoms with Crippen LogP contribution in [0.5, 0.6) is 11.5 Å². The molecule has 0 bridgehead atoms. The van der Waals surface area contributed by atoms with Crippen molar-refractivity contribution in [3.8, 4) is 11.5 Å². The van der Waals surface area contributed by atoms with Gasteiger partial charge in [-0.05, 0) is 52.7 Å². The van der Waals surface area contributed by atoms with E-state index < -0.39 is 0 Å². The molecule has 2 aromatic rings. The van der Waals surface area contributed by atoms with Gasteiger partial charge in [-0.3, -0.25) is 4.79 Å². The van der Waals surface area contributed by atoms with Gasteiger partial charge in [-0.15, -0.1) is 11.3 Å². The summed E-state index contributed by atoms with van der Waals surface area (Å²) in [4.78, 5) is 13.1. The number of hydrogen-bond donors (Lipinski definition) is 2. The van der Waals surface area contributed by atoms with Crippen molar-refractivity contribution in [2.24, 2.45) is 0 Å². The zero-order valence-electron chi connectivity index (χ0n) is 10.9. The minimum absolute atomic E-state index is 0.0395. The highest BCUT2D eigenvalue weighted by molar-refractivity contribution is 9.11. The molecule has 0 saturated carbocycles. The highest BCUT2D eigenvalue weighted by Gasteiger charge is 2.09. The summed E-state index contributed by atoms with van der Waals surface area (Å²) < 4.78 is 6.02. The van der Waals surface area contributed by atoms with E-state index in [1.54, 1.807) is 23.5 Å². The Hall–Kier alpha value is -1.53. The van der Waals surface area contributed by atoms with E-state index in [2.05, 4.69) is 21.2 Å². The standard InChI is InChI=1S/C14H14BrNO3S/c1-19-12-4-2-9(8-11(12)17)14(18)16-7-6-10-3-5-13(15)20-10/h2-5,8,17H,6-7H2,1H3,(H,16,18). The lowest BCUT2D eigenvalue weighted by Gasteiger charge is -2.07. The van der Waals surface area contributed by atoms with Crippen LogP contribution < -0.4 is 10.1 Å². The number of rotatable bonds is 5. The van der Waals surface area contributed by atoms with Crippen LogP contribution in [0.15, 0.2) is 34.1 Å². The lowest BCUT2D eigenvalue weighted by atomic mass is 10.2. The third-order valence-corrected chi connectivity index (χ3v) is 4.41. The molecule has 0 aliphatic heterocycles. The van der Waals surface area contributed by atoms with E-state index in [4.69, 9.17) is 4.74 Å². The van der Waals surface area contributed by atoms with Crippen LogP contribution in [0.25, 0.3) is 0 Å². The van der Waals surface area contributed by atoms with Gasteiger partial charge in [0.05, 0.1) is 10.9 Å². The van der Waals surface area contributed by atoms with Crippen molar-refractivity contribution >= 4 is 33.2 Å². The van der Waals surface area contributed by atoms with Crippen molar-refractivity contribution in [1.29, 1.82) is 0 Å². The van der Waals surface area contributed by atoms with Crippen molar-refractivity contribution in [1.82, 2.24) is 5.32 Å². The average Bonchev–Trinajstić information content (AvgIpc) is 2.84. The first-order valence-electron chi connectivity index (χ1n) is 5.99. The molecule has 2 rings (SSSR count). The van der Waals surface area contributed by atoms with E-state index in [0.717, 1.165) is 10.2 Å². The maximum Gasteiger partial charge on any atom is 0.251 e. The summed E-state index contributed by atoms with van der Waals surface area (Å²) in [7, 11) is 1.47. The Balaban J connectivity index is 1.90. The largest absolute Gasteiger partial charge is 0.504 e. The van der Waals surface area contributed by atoms with E-state index in [9.17, 15) is 9.90 Å². The molecule has 20 heavy (non-hydrogen) atoms. The Morgan fingerprint density at radius 1 is 1.40 bits per heavy atom. The first-order valence-corrected chi connectivity index (χ1v) is 7.60. The zero-order valence-corrected chi connectivity index (χ0v) is 13.3. The van der Waals surface area contributed by atoms with Crippen LogP contribution in [0.1, 0.15) is 15.2 Å². The van der Waals surface area contributed by atoms with Crippen molar-refractivity contribution in [2.45, 2.75) is 6.42 Å². The van der Waals surface area contributed by atoms with Crippen molar-refractivity contribution in [2.75, 3.05) is 13.7 Å². The molecule has 0 unspecified atom stereocenters. The number of ether oxygens (including phenoxy) is 1. The molecule has 1 amide bonds. The molecular formula is C14H14BrNO3S. The number of carbonyl (C=O) groups is 1. The number of methoxy groups -OCH3 is 1. The molecule has 1 aromatic carbocycles. The molecule has 6 heteroatoms. The number of amides is 1. The summed E-state index contributed by atoms with van der Waals surface area (Å²) >= 11 is 5.05. The Bertz CT molecular complexity index is 612. The van der Waals surface area contributed by atoms with Gasteiger partial charge in [-0.2, -0.15) is 0 Å². The van der Waals surface area contributed by atoms with E-state index in [0.29, 0.717) is 17.9 Å². The average molecular weight is 356 g/mol. The van der Waals surface area contributed by atoms with Crippen LogP contribution in [0.2, 0.25) is 0 Å². The maximum atomic E-state index is 11.9. The Kier molecular flexibility index (Phi) is 5.03. The monoisotopic (exact) mass is 355 g/mol. The second-order valence-electron chi connectivity index (χ2n) is 4.10. The van der Waals surface area contributed by atoms with Gasteiger partial charge in [0.2, 0.25) is 0 Å². The van der Waals surface area contributed by atoms with Crippen LogP contribution in [0.4, 0.5) is 0 Å². The van der Waals surface area contributed by atoms with Crippen molar-refractivity contribution < 1.29 is 14.6 Å². The highest BCUT2D eigenvalue weighted by atomic mass is 79.9. The Labute approximate surface area is 129 Å². The molecule has 2 N–H and O–H groups in total. The van der Waals surface area contributed by atoms with Crippen LogP contribution >= 0.6 is 27.3 Å². The molecule has 0 fully saturated rings. The topological polar surface area (TPSA) is 58.6 Å². The van der Waals surface area contributed by atoms with Crippen LogP contribution in [-0.4, -0.2) is 24.7 Å². The minimum Gasteiger partial charge on any atom is -0.504 e. The van der Waals surface area contributed by atoms with Gasteiger partial charge in [-0.25, -0.2) is 0 Å². The second kappa shape index (κ2) is 6.76. The molecule has 0 spiro atoms. The summed E-state index contributed by atoms with van der Waals surface area (Å²) in [5, 5.41) is 12.5. The maximum absolute atomic E-state index is 11.9. The van der Waals surface area contributed by atoms with E-state index >= 15 is 0 Å². The molecule has 4 nitrogen and oxygen atoms in total. The van der Waals surface area contributed by atoms with Gasteiger partial charge >= 0.3 is 0 Å². The predicted octanol–water partition coefficient (Wildman–Crippen LogP) is 3.20. The Morgan fingerprint density at radius 2 is 2.20 bits per heavy atom. The number of thiophene rings is 1. The van der Waals surface area contributed by atoms with Gasteiger partial charge in [0.15, 0.2) is 11.5 Å². The second-order valence-corrected chi connectivity index (χ2v) is 6.65. The molecule has 0 saturated heterocycles. The number of phenolic OH excluding ortho intramolecular Hbond substituents is 1. The summed E-state index contributed by atoms with van der Waals surface area (Å²) in [5.74, 6) is 0.103. The first kappa shape index (κ1) is 14.9. The quantitative estimate of drug-likeness (QED) is 0.865. The van der Waals surface area contributed by atoms with Gasteiger partial charge in [0, 0.05) is 17.0 Å². The summed E-state index contributed by atoms with van der Waals surface area (Å²) in [6.45, 7) is 0.554. The molecule has 0 aliphatic rings. The number of carbonyl (C=O) groups excluding carboxylic acids is 1. The summed E-state index contributed by atoms with van der Waals surface area (Å²) in [6.07, 6.45) is 0.782. The lowest BCUT2D eigenvalue weighted by Crippen LogP contribution is -2.25. The lowest BCUT2D eigenvalue weighted by molar-refractivity contribution is 0.0953. The molecular weight excluding hydrogens is 342 g/mol. The fraction of sp³-hybridized carbons (Fsp3) is 0.214. The number of aromatic hydroxyl groups is 1. The number of nitrogens with one attached hydrogen (secondary N) is 1. The molecule has 0 atom stereocenters. The molecule has 0 radical (unpaired) electrons. The number of phenols is 1. The van der Waals surface area contributed by atoms with Gasteiger partial charge in [0.25, 0.3) is 5.91 Å². The highest BCUT2D eigenvalue weighted by Crippen LogP contribution is 2.26. The van der Waals surface area contributed by atoms with Crippen molar-refractivity contribution in [3.63, 3.8) is 0 Å². The predicted molar refractivity (Wildman–Crippen MR) is 82.7 cm³/mol. The fourth-order valence-electron chi connectivity index (χ4n) is 1.72. The third-order valence-electron chi connectivity index (χ3n) is 2.73. The van der Waals surface area contributed by atoms with E-state index in [-0.39, 0.29) is 11.7 Å². The fourth-order valence-corrected chi connectivity index (χ4v) is 3.20. The third kappa shape index (κ3) is 3.74. The minimum atomic E-state index is -0.210. The zero-order chi connectivity index (χ0) is 14.5. The van der Waals surface area contributed by atoms with Crippen LogP contribution in [0.3, 0.4) is 0 Å². The van der Waals surface area contributed by atoms with Crippen LogP contribution in [0, 0.1) is 0 Å². The number of hydrogen-bond acceptors (Lipinski definition) is 4. The number of halogens is 1. The van der Waals surface area contributed by atoms with Gasteiger partial charge < -0.3 is 15.2 Å². The van der Waals surface area contributed by atoms with Crippen LogP contribution in [-0.2, 0) is 6.42 Å². The SMILES string of the molecule is COc1ccc(C(=O)NCCc2ccc(Br)s2)cc1O. The number of benzene rings is 1. The molecule has 106 valence electrons. The van der Waals surface area contributed by atoms with E-state index in [1.165, 1.54) is 18.1 Å². The molecule has 1 heterocycles. The first-order chi connectivity index (χ1) is 9.60.